The second-order valence-corrected chi connectivity index (χ2v) is 6.57. The highest BCUT2D eigenvalue weighted by Crippen LogP contribution is 2.26. The van der Waals surface area contributed by atoms with Crippen molar-refractivity contribution >= 4 is 17.2 Å². The number of nitrogens with zero attached hydrogens (tertiary/aromatic N) is 2. The molecular weight excluding hydrogens is 318 g/mol. The van der Waals surface area contributed by atoms with E-state index in [2.05, 4.69) is 29.5 Å². The van der Waals surface area contributed by atoms with Crippen LogP contribution >= 0.6 is 11.3 Å². The third-order valence-electron chi connectivity index (χ3n) is 4.03. The molecule has 5 heteroatoms. The van der Waals surface area contributed by atoms with Gasteiger partial charge in [-0.2, -0.15) is 16.4 Å². The molecular formula is C19H21N3OS. The summed E-state index contributed by atoms with van der Waals surface area (Å²) in [6, 6.07) is 12.3. The van der Waals surface area contributed by atoms with Gasteiger partial charge in [-0.3, -0.25) is 9.48 Å². The normalized spacial score (nSPS) is 10.8. The molecule has 0 atom stereocenters. The van der Waals surface area contributed by atoms with Gasteiger partial charge in [0.25, 0.3) is 0 Å². The molecule has 124 valence electrons. The Kier molecular flexibility index (Phi) is 5.11. The van der Waals surface area contributed by atoms with Crippen LogP contribution in [0.5, 0.6) is 0 Å². The zero-order chi connectivity index (χ0) is 16.9. The molecule has 0 fully saturated rings. The number of thiophene rings is 1. The first kappa shape index (κ1) is 16.5. The Bertz CT molecular complexity index is 807. The summed E-state index contributed by atoms with van der Waals surface area (Å²) in [5.74, 6) is 0.0539. The van der Waals surface area contributed by atoms with E-state index in [-0.39, 0.29) is 5.91 Å². The topological polar surface area (TPSA) is 46.9 Å². The minimum atomic E-state index is 0.0539. The largest absolute Gasteiger partial charge is 0.354 e. The minimum Gasteiger partial charge on any atom is -0.354 e. The van der Waals surface area contributed by atoms with Gasteiger partial charge in [0, 0.05) is 17.8 Å². The highest BCUT2D eigenvalue weighted by molar-refractivity contribution is 7.08. The van der Waals surface area contributed by atoms with Crippen molar-refractivity contribution in [1.29, 1.82) is 0 Å². The lowest BCUT2D eigenvalue weighted by atomic mass is 10.0. The van der Waals surface area contributed by atoms with Crippen molar-refractivity contribution in [3.8, 4) is 11.1 Å². The second-order valence-electron chi connectivity index (χ2n) is 5.79. The highest BCUT2D eigenvalue weighted by atomic mass is 32.1. The lowest BCUT2D eigenvalue weighted by Gasteiger charge is -2.07. The van der Waals surface area contributed by atoms with E-state index in [9.17, 15) is 4.79 Å². The third kappa shape index (κ3) is 3.74. The summed E-state index contributed by atoms with van der Waals surface area (Å²) in [6.45, 7) is 5.37. The first-order valence-corrected chi connectivity index (χ1v) is 8.96. The molecule has 0 spiro atoms. The number of carbonyl (C=O) groups is 1. The molecule has 2 aromatic heterocycles. The van der Waals surface area contributed by atoms with Gasteiger partial charge < -0.3 is 5.32 Å². The Labute approximate surface area is 146 Å². The van der Waals surface area contributed by atoms with E-state index in [4.69, 9.17) is 0 Å². The summed E-state index contributed by atoms with van der Waals surface area (Å²) in [5.41, 5.74) is 5.57. The molecule has 1 N–H and O–H groups in total. The molecule has 0 radical (unpaired) electrons. The lowest BCUT2D eigenvalue weighted by Crippen LogP contribution is -2.29. The fourth-order valence-electron chi connectivity index (χ4n) is 2.88. The van der Waals surface area contributed by atoms with Crippen molar-refractivity contribution in [3.05, 3.63) is 64.1 Å². The van der Waals surface area contributed by atoms with Gasteiger partial charge in [0.1, 0.15) is 0 Å². The summed E-state index contributed by atoms with van der Waals surface area (Å²) in [7, 11) is 0. The first-order chi connectivity index (χ1) is 11.6. The van der Waals surface area contributed by atoms with Crippen LogP contribution in [-0.4, -0.2) is 22.2 Å². The van der Waals surface area contributed by atoms with Crippen LogP contribution in [0.2, 0.25) is 0 Å². The molecule has 3 rings (SSSR count). The minimum absolute atomic E-state index is 0.0539. The van der Waals surface area contributed by atoms with Crippen molar-refractivity contribution in [2.45, 2.75) is 26.8 Å². The van der Waals surface area contributed by atoms with Gasteiger partial charge in [0.2, 0.25) is 5.91 Å². The van der Waals surface area contributed by atoms with Crippen molar-refractivity contribution in [2.24, 2.45) is 0 Å². The zero-order valence-corrected chi connectivity index (χ0v) is 14.8. The van der Waals surface area contributed by atoms with Crippen LogP contribution in [0.15, 0.2) is 47.2 Å². The van der Waals surface area contributed by atoms with Gasteiger partial charge in [-0.1, -0.05) is 30.3 Å². The maximum atomic E-state index is 11.9. The van der Waals surface area contributed by atoms with Crippen molar-refractivity contribution in [3.63, 3.8) is 0 Å². The van der Waals surface area contributed by atoms with E-state index >= 15 is 0 Å². The molecule has 0 saturated carbocycles. The van der Waals surface area contributed by atoms with Crippen molar-refractivity contribution in [1.82, 2.24) is 15.1 Å². The summed E-state index contributed by atoms with van der Waals surface area (Å²) in [4.78, 5) is 11.9. The predicted molar refractivity (Wildman–Crippen MR) is 98.2 cm³/mol. The molecule has 0 aliphatic rings. The molecule has 0 aliphatic carbocycles. The molecule has 2 heterocycles. The fourth-order valence-corrected chi connectivity index (χ4v) is 3.55. The van der Waals surface area contributed by atoms with Crippen LogP contribution in [0, 0.1) is 13.8 Å². The second kappa shape index (κ2) is 7.45. The van der Waals surface area contributed by atoms with Crippen LogP contribution in [0.3, 0.4) is 0 Å². The van der Waals surface area contributed by atoms with Gasteiger partial charge in [-0.15, -0.1) is 0 Å². The number of benzene rings is 1. The molecule has 0 saturated heterocycles. The average Bonchev–Trinajstić information content (AvgIpc) is 3.17. The van der Waals surface area contributed by atoms with Crippen LogP contribution in [-0.2, 0) is 17.8 Å². The number of hydrogen-bond acceptors (Lipinski definition) is 3. The van der Waals surface area contributed by atoms with Crippen LogP contribution in [0.25, 0.3) is 11.1 Å². The van der Waals surface area contributed by atoms with Gasteiger partial charge >= 0.3 is 0 Å². The highest BCUT2D eigenvalue weighted by Gasteiger charge is 2.13. The van der Waals surface area contributed by atoms with E-state index < -0.39 is 0 Å². The molecule has 1 amide bonds. The van der Waals surface area contributed by atoms with Gasteiger partial charge in [-0.25, -0.2) is 0 Å². The Balaban J connectivity index is 1.61. The number of aromatic nitrogens is 2. The Morgan fingerprint density at radius 3 is 2.71 bits per heavy atom. The molecule has 0 unspecified atom stereocenters. The summed E-state index contributed by atoms with van der Waals surface area (Å²) < 4.78 is 1.97. The standard InChI is InChI=1S/C19H21N3OS/c1-14-19(17-6-4-3-5-7-17)15(2)22(21-14)10-9-20-18(23)12-16-8-11-24-13-16/h3-8,11,13H,9-10,12H2,1-2H3,(H,20,23). The SMILES string of the molecule is Cc1nn(CCNC(=O)Cc2ccsc2)c(C)c1-c1ccccc1. The lowest BCUT2D eigenvalue weighted by molar-refractivity contribution is -0.120. The quantitative estimate of drug-likeness (QED) is 0.746. The van der Waals surface area contributed by atoms with E-state index in [0.717, 1.165) is 17.0 Å². The van der Waals surface area contributed by atoms with E-state index in [1.54, 1.807) is 11.3 Å². The monoisotopic (exact) mass is 339 g/mol. The summed E-state index contributed by atoms with van der Waals surface area (Å²) >= 11 is 1.61. The number of amides is 1. The summed E-state index contributed by atoms with van der Waals surface area (Å²) in [6.07, 6.45) is 0.440. The fraction of sp³-hybridized carbons (Fsp3) is 0.263. The molecule has 0 bridgehead atoms. The maximum absolute atomic E-state index is 11.9. The molecule has 24 heavy (non-hydrogen) atoms. The Hall–Kier alpha value is -2.40. The van der Waals surface area contributed by atoms with E-state index in [1.807, 2.05) is 46.6 Å². The van der Waals surface area contributed by atoms with E-state index in [0.29, 0.717) is 19.5 Å². The number of hydrogen-bond donors (Lipinski definition) is 1. The first-order valence-electron chi connectivity index (χ1n) is 8.02. The van der Waals surface area contributed by atoms with Gasteiger partial charge in [-0.05, 0) is 41.8 Å². The average molecular weight is 339 g/mol. The molecule has 4 nitrogen and oxygen atoms in total. The molecule has 0 aliphatic heterocycles. The zero-order valence-electron chi connectivity index (χ0n) is 14.0. The van der Waals surface area contributed by atoms with E-state index in [1.165, 1.54) is 11.1 Å². The Morgan fingerprint density at radius 2 is 2.00 bits per heavy atom. The number of aryl methyl sites for hydroxylation is 1. The maximum Gasteiger partial charge on any atom is 0.224 e. The number of nitrogens with one attached hydrogen (secondary N) is 1. The number of rotatable bonds is 6. The van der Waals surface area contributed by atoms with Crippen LogP contribution in [0.1, 0.15) is 17.0 Å². The molecule has 3 aromatic rings. The predicted octanol–water partition coefficient (Wildman–Crippen LogP) is 3.59. The van der Waals surface area contributed by atoms with Crippen molar-refractivity contribution < 1.29 is 4.79 Å². The van der Waals surface area contributed by atoms with Crippen LogP contribution in [0.4, 0.5) is 0 Å². The van der Waals surface area contributed by atoms with Crippen LogP contribution < -0.4 is 5.32 Å². The van der Waals surface area contributed by atoms with Gasteiger partial charge in [0.15, 0.2) is 0 Å². The smallest absolute Gasteiger partial charge is 0.224 e. The van der Waals surface area contributed by atoms with Crippen molar-refractivity contribution in [2.75, 3.05) is 6.54 Å². The van der Waals surface area contributed by atoms with Gasteiger partial charge in [0.05, 0.1) is 18.7 Å². The Morgan fingerprint density at radius 1 is 1.21 bits per heavy atom. The third-order valence-corrected chi connectivity index (χ3v) is 4.77. The summed E-state index contributed by atoms with van der Waals surface area (Å²) in [5, 5.41) is 11.6. The molecule has 1 aromatic carbocycles. The number of carbonyl (C=O) groups excluding carboxylic acids is 1.